The summed E-state index contributed by atoms with van der Waals surface area (Å²) in [6, 6.07) is 0. The summed E-state index contributed by atoms with van der Waals surface area (Å²) in [7, 11) is 0. The van der Waals surface area contributed by atoms with Gasteiger partial charge < -0.3 is 14.8 Å². The summed E-state index contributed by atoms with van der Waals surface area (Å²) in [5.74, 6) is -0.980. The number of aromatic nitrogens is 1. The quantitative estimate of drug-likeness (QED) is 0.520. The highest BCUT2D eigenvalue weighted by molar-refractivity contribution is 7.13. The molecule has 0 radical (unpaired) electrons. The number of cyclic esters (lactones) is 2. The molecule has 118 valence electrons. The van der Waals surface area contributed by atoms with Crippen LogP contribution < -0.4 is 5.32 Å². The molecule has 3 rings (SSSR count). The molecule has 2 aliphatic heterocycles. The van der Waals surface area contributed by atoms with Gasteiger partial charge in [0.1, 0.15) is 6.10 Å². The first-order chi connectivity index (χ1) is 10.4. The Morgan fingerprint density at radius 2 is 2.32 bits per heavy atom. The summed E-state index contributed by atoms with van der Waals surface area (Å²) >= 11 is 1.43. The monoisotopic (exact) mass is 322 g/mol. The van der Waals surface area contributed by atoms with E-state index in [-0.39, 0.29) is 12.5 Å². The fourth-order valence-electron chi connectivity index (χ4n) is 3.11. The minimum absolute atomic E-state index is 0.261. The molecular formula is C15H18N2O4S. The molecule has 22 heavy (non-hydrogen) atoms. The third-order valence-corrected chi connectivity index (χ3v) is 4.93. The fourth-order valence-corrected chi connectivity index (χ4v) is 3.95. The average molecular weight is 322 g/mol. The molecule has 1 aromatic rings. The molecule has 0 saturated carbocycles. The Kier molecular flexibility index (Phi) is 3.47. The molecular weight excluding hydrogens is 304 g/mol. The molecule has 2 fully saturated rings. The van der Waals surface area contributed by atoms with Crippen molar-refractivity contribution in [2.45, 2.75) is 38.4 Å². The number of nitrogens with zero attached hydrogens (tertiary/aromatic N) is 1. The molecule has 0 aromatic carbocycles. The van der Waals surface area contributed by atoms with Crippen LogP contribution in [0.25, 0.3) is 0 Å². The Morgan fingerprint density at radius 3 is 2.95 bits per heavy atom. The number of carbonyl (C=O) groups excluding carboxylic acids is 2. The molecule has 0 aliphatic carbocycles. The van der Waals surface area contributed by atoms with Crippen LogP contribution in [0.5, 0.6) is 0 Å². The van der Waals surface area contributed by atoms with Gasteiger partial charge in [0.05, 0.1) is 5.69 Å². The third-order valence-electron chi connectivity index (χ3n) is 4.13. The first-order valence-electron chi connectivity index (χ1n) is 7.15. The normalized spacial score (nSPS) is 33.8. The van der Waals surface area contributed by atoms with Crippen LogP contribution in [-0.4, -0.2) is 29.6 Å². The van der Waals surface area contributed by atoms with Crippen LogP contribution in [0.15, 0.2) is 18.0 Å². The second kappa shape index (κ2) is 5.08. The van der Waals surface area contributed by atoms with E-state index >= 15 is 0 Å². The number of rotatable bonds is 4. The molecule has 6 nitrogen and oxygen atoms in total. The van der Waals surface area contributed by atoms with Crippen LogP contribution in [0.3, 0.4) is 0 Å². The summed E-state index contributed by atoms with van der Waals surface area (Å²) in [5.41, 5.74) is -1.42. The smallest absolute Gasteiger partial charge is 0.324 e. The first-order valence-corrected chi connectivity index (χ1v) is 8.03. The van der Waals surface area contributed by atoms with Crippen LogP contribution in [0.4, 0.5) is 5.13 Å². The standard InChI is InChI=1S/C15H18N2O4S/c1-4-5-16-13-17-10(7-22-13)14(3)8-15(12(19)21-14)6-9(2)20-11(15)18/h4,7,9H,1,5-6,8H2,2-3H3,(H,16,17)/t9-,14-,15-/m0/s1. The van der Waals surface area contributed by atoms with E-state index in [4.69, 9.17) is 9.47 Å². The topological polar surface area (TPSA) is 77.5 Å². The minimum Gasteiger partial charge on any atom is -0.462 e. The predicted molar refractivity (Wildman–Crippen MR) is 81.5 cm³/mol. The molecule has 1 aromatic heterocycles. The molecule has 7 heteroatoms. The van der Waals surface area contributed by atoms with Crippen LogP contribution >= 0.6 is 11.3 Å². The van der Waals surface area contributed by atoms with Gasteiger partial charge >= 0.3 is 11.9 Å². The highest BCUT2D eigenvalue weighted by atomic mass is 32.1. The van der Waals surface area contributed by atoms with E-state index in [1.54, 1.807) is 19.9 Å². The van der Waals surface area contributed by atoms with Crippen LogP contribution in [0.1, 0.15) is 32.4 Å². The average Bonchev–Trinajstić information content (AvgIpc) is 3.08. The first kappa shape index (κ1) is 15.0. The van der Waals surface area contributed by atoms with Crippen LogP contribution in [0, 0.1) is 5.41 Å². The number of ether oxygens (including phenoxy) is 2. The summed E-state index contributed by atoms with van der Waals surface area (Å²) < 4.78 is 10.7. The largest absolute Gasteiger partial charge is 0.462 e. The van der Waals surface area contributed by atoms with Gasteiger partial charge in [-0.3, -0.25) is 9.59 Å². The van der Waals surface area contributed by atoms with E-state index in [0.717, 1.165) is 5.13 Å². The zero-order valence-electron chi connectivity index (χ0n) is 12.5. The zero-order chi connectivity index (χ0) is 16.0. The Balaban J connectivity index is 1.86. The van der Waals surface area contributed by atoms with E-state index in [9.17, 15) is 9.59 Å². The minimum atomic E-state index is -1.17. The van der Waals surface area contributed by atoms with Gasteiger partial charge in [0.2, 0.25) is 0 Å². The van der Waals surface area contributed by atoms with Crippen molar-refractivity contribution in [1.29, 1.82) is 0 Å². The van der Waals surface area contributed by atoms with Gasteiger partial charge in [-0.1, -0.05) is 6.08 Å². The van der Waals surface area contributed by atoms with Crippen LogP contribution in [0.2, 0.25) is 0 Å². The number of anilines is 1. The number of carbonyl (C=O) groups is 2. The molecule has 0 bridgehead atoms. The summed E-state index contributed by atoms with van der Waals surface area (Å²) in [6.45, 7) is 7.83. The third kappa shape index (κ3) is 2.20. The summed E-state index contributed by atoms with van der Waals surface area (Å²) in [4.78, 5) is 28.9. The van der Waals surface area contributed by atoms with E-state index in [0.29, 0.717) is 18.7 Å². The molecule has 0 unspecified atom stereocenters. The highest BCUT2D eigenvalue weighted by Crippen LogP contribution is 2.52. The molecule has 3 atom stereocenters. The van der Waals surface area contributed by atoms with Crippen molar-refractivity contribution in [3.63, 3.8) is 0 Å². The van der Waals surface area contributed by atoms with Crippen molar-refractivity contribution >= 4 is 28.4 Å². The second-order valence-corrected chi connectivity index (χ2v) is 6.86. The lowest BCUT2D eigenvalue weighted by Crippen LogP contribution is -2.31. The van der Waals surface area contributed by atoms with Gasteiger partial charge in [0.15, 0.2) is 16.1 Å². The van der Waals surface area contributed by atoms with Crippen molar-refractivity contribution in [2.24, 2.45) is 5.41 Å². The lowest BCUT2D eigenvalue weighted by atomic mass is 9.78. The van der Waals surface area contributed by atoms with E-state index in [1.165, 1.54) is 11.3 Å². The van der Waals surface area contributed by atoms with E-state index in [2.05, 4.69) is 16.9 Å². The lowest BCUT2D eigenvalue weighted by molar-refractivity contribution is -0.160. The molecule has 1 N–H and O–H groups in total. The van der Waals surface area contributed by atoms with Crippen molar-refractivity contribution in [3.05, 3.63) is 23.7 Å². The maximum absolute atomic E-state index is 12.3. The van der Waals surface area contributed by atoms with Crippen LogP contribution in [-0.2, 0) is 24.7 Å². The van der Waals surface area contributed by atoms with Crippen molar-refractivity contribution in [1.82, 2.24) is 4.98 Å². The van der Waals surface area contributed by atoms with Gasteiger partial charge in [0, 0.05) is 24.8 Å². The van der Waals surface area contributed by atoms with Gasteiger partial charge in [-0.15, -0.1) is 17.9 Å². The van der Waals surface area contributed by atoms with Crippen molar-refractivity contribution in [2.75, 3.05) is 11.9 Å². The Morgan fingerprint density at radius 1 is 1.55 bits per heavy atom. The summed E-state index contributed by atoms with van der Waals surface area (Å²) in [5, 5.41) is 5.68. The van der Waals surface area contributed by atoms with E-state index < -0.39 is 23.0 Å². The molecule has 2 saturated heterocycles. The zero-order valence-corrected chi connectivity index (χ0v) is 13.4. The number of hydrogen-bond donors (Lipinski definition) is 1. The van der Waals surface area contributed by atoms with Crippen molar-refractivity contribution < 1.29 is 19.1 Å². The highest BCUT2D eigenvalue weighted by Gasteiger charge is 2.65. The Bertz CT molecular complexity index is 643. The van der Waals surface area contributed by atoms with Gasteiger partial charge in [-0.25, -0.2) is 4.98 Å². The predicted octanol–water partition coefficient (Wildman–Crippen LogP) is 2.22. The Hall–Kier alpha value is -1.89. The molecule has 1 spiro atoms. The van der Waals surface area contributed by atoms with Gasteiger partial charge in [-0.05, 0) is 13.8 Å². The van der Waals surface area contributed by atoms with Crippen molar-refractivity contribution in [3.8, 4) is 0 Å². The SMILES string of the molecule is C=CCNc1nc([C@]2(C)C[C@]3(C[C@H](C)OC3=O)C(=O)O2)cs1. The fraction of sp³-hybridized carbons (Fsp3) is 0.533. The number of thiazole rings is 1. The maximum Gasteiger partial charge on any atom is 0.324 e. The molecule has 3 heterocycles. The lowest BCUT2D eigenvalue weighted by Gasteiger charge is -2.20. The Labute approximate surface area is 132 Å². The van der Waals surface area contributed by atoms with Gasteiger partial charge in [-0.2, -0.15) is 0 Å². The molecule has 2 aliphatic rings. The number of hydrogen-bond acceptors (Lipinski definition) is 7. The summed E-state index contributed by atoms with van der Waals surface area (Å²) in [6.07, 6.45) is 2.12. The number of nitrogens with one attached hydrogen (secondary N) is 1. The maximum atomic E-state index is 12.3. The van der Waals surface area contributed by atoms with Gasteiger partial charge in [0.25, 0.3) is 0 Å². The number of esters is 2. The second-order valence-electron chi connectivity index (χ2n) is 6.01. The van der Waals surface area contributed by atoms with E-state index in [1.807, 2.05) is 5.38 Å². The molecule has 0 amide bonds.